The Bertz CT molecular complexity index is 639. The fourth-order valence-electron chi connectivity index (χ4n) is 2.30. The van der Waals surface area contributed by atoms with Crippen LogP contribution in [0.15, 0.2) is 23.1 Å². The van der Waals surface area contributed by atoms with Gasteiger partial charge in [0.05, 0.1) is 12.3 Å². The molecule has 2 rings (SSSR count). The summed E-state index contributed by atoms with van der Waals surface area (Å²) in [4.78, 5) is 11.0. The normalized spacial score (nSPS) is 20.3. The van der Waals surface area contributed by atoms with E-state index >= 15 is 0 Å². The molecule has 2 atom stereocenters. The summed E-state index contributed by atoms with van der Waals surface area (Å²) >= 11 is 0. The van der Waals surface area contributed by atoms with Crippen LogP contribution in [-0.2, 0) is 14.8 Å². The van der Waals surface area contributed by atoms with Crippen molar-refractivity contribution in [1.82, 2.24) is 4.72 Å². The maximum atomic E-state index is 12.4. The van der Waals surface area contributed by atoms with E-state index in [1.165, 1.54) is 18.2 Å². The third-order valence-corrected chi connectivity index (χ3v) is 5.23. The maximum absolute atomic E-state index is 12.4. The quantitative estimate of drug-likeness (QED) is 0.663. The first kappa shape index (κ1) is 15.7. The van der Waals surface area contributed by atoms with Crippen LogP contribution in [0.5, 0.6) is 0 Å². The summed E-state index contributed by atoms with van der Waals surface area (Å²) < 4.78 is 32.6. The summed E-state index contributed by atoms with van der Waals surface area (Å²) in [6.45, 7) is 2.98. The number of anilines is 1. The summed E-state index contributed by atoms with van der Waals surface area (Å²) in [7, 11) is -3.75. The van der Waals surface area contributed by atoms with Gasteiger partial charge in [0.1, 0.15) is 4.90 Å². The number of carbonyl (C=O) groups excluding carboxylic acids is 1. The molecule has 0 spiro atoms. The predicted octanol–water partition coefficient (Wildman–Crippen LogP) is 0.0710. The molecule has 1 aromatic rings. The molecule has 0 bridgehead atoms. The summed E-state index contributed by atoms with van der Waals surface area (Å²) in [6, 6.07) is 3.64. The molecule has 0 aromatic heterocycles. The Balaban J connectivity index is 2.21. The van der Waals surface area contributed by atoms with Gasteiger partial charge in [0.25, 0.3) is 0 Å². The number of ether oxygens (including phenoxy) is 1. The van der Waals surface area contributed by atoms with Gasteiger partial charge in [0, 0.05) is 24.1 Å². The highest BCUT2D eigenvalue weighted by atomic mass is 32.2. The summed E-state index contributed by atoms with van der Waals surface area (Å²) in [5, 5.41) is 0. The Labute approximate surface area is 123 Å². The fourth-order valence-corrected chi connectivity index (χ4v) is 3.72. The molecule has 1 aliphatic heterocycles. The number of benzene rings is 1. The molecular weight excluding hydrogens is 294 g/mol. The van der Waals surface area contributed by atoms with Crippen LogP contribution in [-0.4, -0.2) is 33.6 Å². The molecule has 8 heteroatoms. The molecule has 0 radical (unpaired) electrons. The maximum Gasteiger partial charge on any atom is 0.248 e. The zero-order chi connectivity index (χ0) is 15.6. The molecule has 116 valence electrons. The molecule has 1 saturated heterocycles. The van der Waals surface area contributed by atoms with Crippen molar-refractivity contribution in [3.63, 3.8) is 0 Å². The SMILES string of the molecule is CC(NS(=O)(=O)c1ccc(C(N)=O)cc1N)C1CCOC1. The Morgan fingerprint density at radius 2 is 2.19 bits per heavy atom. The van der Waals surface area contributed by atoms with Crippen molar-refractivity contribution in [2.24, 2.45) is 11.7 Å². The number of amides is 1. The minimum atomic E-state index is -3.75. The molecule has 1 fully saturated rings. The number of nitrogen functional groups attached to an aromatic ring is 1. The molecule has 21 heavy (non-hydrogen) atoms. The number of rotatable bonds is 5. The van der Waals surface area contributed by atoms with E-state index in [-0.39, 0.29) is 28.1 Å². The highest BCUT2D eigenvalue weighted by Gasteiger charge is 2.27. The second kappa shape index (κ2) is 6.00. The van der Waals surface area contributed by atoms with Crippen LogP contribution in [0.1, 0.15) is 23.7 Å². The van der Waals surface area contributed by atoms with E-state index < -0.39 is 15.9 Å². The van der Waals surface area contributed by atoms with Crippen molar-refractivity contribution >= 4 is 21.6 Å². The molecule has 0 aliphatic carbocycles. The van der Waals surface area contributed by atoms with Crippen molar-refractivity contribution in [2.45, 2.75) is 24.3 Å². The Morgan fingerprint density at radius 3 is 2.71 bits per heavy atom. The topological polar surface area (TPSA) is 125 Å². The van der Waals surface area contributed by atoms with Gasteiger partial charge in [0.15, 0.2) is 0 Å². The van der Waals surface area contributed by atoms with Gasteiger partial charge in [-0.05, 0) is 31.5 Å². The van der Waals surface area contributed by atoms with E-state index in [0.29, 0.717) is 13.2 Å². The molecule has 2 unspecified atom stereocenters. The molecule has 0 saturated carbocycles. The average Bonchev–Trinajstić information content (AvgIpc) is 2.91. The average molecular weight is 313 g/mol. The number of hydrogen-bond donors (Lipinski definition) is 3. The zero-order valence-electron chi connectivity index (χ0n) is 11.7. The monoisotopic (exact) mass is 313 g/mol. The minimum Gasteiger partial charge on any atom is -0.398 e. The lowest BCUT2D eigenvalue weighted by Crippen LogP contribution is -2.38. The van der Waals surface area contributed by atoms with E-state index in [4.69, 9.17) is 16.2 Å². The van der Waals surface area contributed by atoms with Crippen molar-refractivity contribution in [1.29, 1.82) is 0 Å². The number of carbonyl (C=O) groups is 1. The van der Waals surface area contributed by atoms with Crippen LogP contribution in [0.25, 0.3) is 0 Å². The minimum absolute atomic E-state index is 0.00586. The second-order valence-electron chi connectivity index (χ2n) is 5.15. The van der Waals surface area contributed by atoms with Gasteiger partial charge in [0.2, 0.25) is 15.9 Å². The fraction of sp³-hybridized carbons (Fsp3) is 0.462. The summed E-state index contributed by atoms with van der Waals surface area (Å²) in [5.74, 6) is -0.513. The number of nitrogens with two attached hydrogens (primary N) is 2. The number of hydrogen-bond acceptors (Lipinski definition) is 5. The molecule has 1 aliphatic rings. The van der Waals surface area contributed by atoms with Gasteiger partial charge in [-0.15, -0.1) is 0 Å². The summed E-state index contributed by atoms with van der Waals surface area (Å²) in [5.41, 5.74) is 11.0. The van der Waals surface area contributed by atoms with Crippen LogP contribution in [0.3, 0.4) is 0 Å². The van der Waals surface area contributed by atoms with Crippen LogP contribution in [0.4, 0.5) is 5.69 Å². The lowest BCUT2D eigenvalue weighted by atomic mass is 10.0. The highest BCUT2D eigenvalue weighted by molar-refractivity contribution is 7.89. The first-order valence-corrected chi connectivity index (χ1v) is 8.09. The van der Waals surface area contributed by atoms with Crippen LogP contribution in [0, 0.1) is 5.92 Å². The van der Waals surface area contributed by atoms with Gasteiger partial charge in [-0.25, -0.2) is 13.1 Å². The first-order valence-electron chi connectivity index (χ1n) is 6.60. The molecule has 1 amide bonds. The lowest BCUT2D eigenvalue weighted by molar-refractivity contribution is 0.1000. The van der Waals surface area contributed by atoms with Crippen molar-refractivity contribution in [2.75, 3.05) is 18.9 Å². The van der Waals surface area contributed by atoms with Gasteiger partial charge in [-0.2, -0.15) is 0 Å². The standard InChI is InChI=1S/C13H19N3O4S/c1-8(10-4-5-20-7-10)16-21(18,19)12-3-2-9(13(15)17)6-11(12)14/h2-3,6,8,10,16H,4-5,7,14H2,1H3,(H2,15,17). The van der Waals surface area contributed by atoms with Crippen LogP contribution >= 0.6 is 0 Å². The Morgan fingerprint density at radius 1 is 1.48 bits per heavy atom. The number of nitrogens with one attached hydrogen (secondary N) is 1. The number of sulfonamides is 1. The smallest absolute Gasteiger partial charge is 0.248 e. The van der Waals surface area contributed by atoms with Crippen molar-refractivity contribution < 1.29 is 17.9 Å². The molecule has 7 nitrogen and oxygen atoms in total. The van der Waals surface area contributed by atoms with E-state index in [0.717, 1.165) is 6.42 Å². The second-order valence-corrected chi connectivity index (χ2v) is 6.83. The van der Waals surface area contributed by atoms with Gasteiger partial charge in [-0.1, -0.05) is 0 Å². The Kier molecular flexibility index (Phi) is 4.50. The van der Waals surface area contributed by atoms with Gasteiger partial charge >= 0.3 is 0 Å². The Hall–Kier alpha value is -1.64. The van der Waals surface area contributed by atoms with Crippen LogP contribution < -0.4 is 16.2 Å². The van der Waals surface area contributed by atoms with E-state index in [1.54, 1.807) is 6.92 Å². The van der Waals surface area contributed by atoms with Crippen molar-refractivity contribution in [3.8, 4) is 0 Å². The first-order chi connectivity index (χ1) is 9.81. The van der Waals surface area contributed by atoms with Gasteiger partial charge < -0.3 is 16.2 Å². The number of primary amides is 1. The molecule has 1 aromatic carbocycles. The van der Waals surface area contributed by atoms with E-state index in [1.807, 2.05) is 0 Å². The molecular formula is C13H19N3O4S. The van der Waals surface area contributed by atoms with Crippen molar-refractivity contribution in [3.05, 3.63) is 23.8 Å². The van der Waals surface area contributed by atoms with E-state index in [2.05, 4.69) is 4.72 Å². The highest BCUT2D eigenvalue weighted by Crippen LogP contribution is 2.22. The molecule has 5 N–H and O–H groups in total. The third kappa shape index (κ3) is 3.52. The van der Waals surface area contributed by atoms with Crippen LogP contribution in [0.2, 0.25) is 0 Å². The summed E-state index contributed by atoms with van der Waals surface area (Å²) in [6.07, 6.45) is 0.819. The van der Waals surface area contributed by atoms with E-state index in [9.17, 15) is 13.2 Å². The third-order valence-electron chi connectivity index (χ3n) is 3.60. The predicted molar refractivity (Wildman–Crippen MR) is 78.1 cm³/mol. The van der Waals surface area contributed by atoms with Gasteiger partial charge in [-0.3, -0.25) is 4.79 Å². The molecule has 1 heterocycles. The lowest BCUT2D eigenvalue weighted by Gasteiger charge is -2.19. The largest absolute Gasteiger partial charge is 0.398 e. The zero-order valence-corrected chi connectivity index (χ0v) is 12.5.